The van der Waals surface area contributed by atoms with Gasteiger partial charge in [-0.15, -0.1) is 11.8 Å². The fraction of sp³-hybridized carbons (Fsp3) is 0.390. The second kappa shape index (κ2) is 44.1. The lowest BCUT2D eigenvalue weighted by atomic mass is 9.93. The molecular formula is C82H102O6S. The van der Waals surface area contributed by atoms with E-state index >= 15 is 0 Å². The highest BCUT2D eigenvalue weighted by Gasteiger charge is 2.21. The number of benzene rings is 7. The molecule has 0 spiro atoms. The molecule has 89 heavy (non-hydrogen) atoms. The predicted octanol–water partition coefficient (Wildman–Crippen LogP) is 19.5. The first kappa shape index (κ1) is 75.8. The normalized spacial score (nSPS) is 11.3. The molecule has 3 atom stereocenters. The van der Waals surface area contributed by atoms with Crippen molar-refractivity contribution in [2.75, 3.05) is 19.0 Å². The van der Waals surface area contributed by atoms with Crippen molar-refractivity contribution in [3.05, 3.63) is 231 Å². The van der Waals surface area contributed by atoms with Crippen molar-refractivity contribution in [3.63, 3.8) is 0 Å². The highest BCUT2D eigenvalue weighted by atomic mass is 32.2. The molecule has 4 N–H and O–H groups in total. The Bertz CT molecular complexity index is 3220. The Kier molecular flexibility index (Phi) is 37.6. The second-order valence-corrected chi connectivity index (χ2v) is 23.2. The van der Waals surface area contributed by atoms with Crippen LogP contribution in [0.4, 0.5) is 0 Å². The van der Waals surface area contributed by atoms with Crippen molar-refractivity contribution in [3.8, 4) is 58.9 Å². The van der Waals surface area contributed by atoms with Gasteiger partial charge in [0.25, 0.3) is 0 Å². The standard InChI is InChI=1S/C21H24O2.C21H24OS.C20H30O.C19H20O2.CH4/c2*1-4-8-20(22)19-13-6-11-18(15-19)12-7-14-23-21-16(2)9-5-10-17(21)3;1-4-7-8-10-18-11-9-12-19(17-18)13-16-20(21,14-5-2)15-6-3;1-2-8-19(20)17-11-6-9-16(15-17)10-7-14-21-18-12-4-3-5-13-18;/h2*5-6,9-11,13,15,20,22H,4,8,14H2,1-3H3;9,11-12,17,21H,4-8,10,14-15H2,1-3H3;3-6,9,11-13,15,19-20H,2,8,14H2,1H3;1H4/t2*20-;;19-;/m11.1./s1. The topological polar surface area (TPSA) is 99.4 Å². The van der Waals surface area contributed by atoms with E-state index in [1.54, 1.807) is 11.8 Å². The van der Waals surface area contributed by atoms with Crippen LogP contribution in [0.15, 0.2) is 169 Å². The van der Waals surface area contributed by atoms with Crippen LogP contribution in [-0.2, 0) is 6.42 Å². The number of thioether (sulfide) groups is 1. The molecular weight excluding hydrogens is 1110 g/mol. The molecule has 0 aromatic heterocycles. The molecule has 0 bridgehead atoms. The Morgan fingerprint density at radius 3 is 1.33 bits per heavy atom. The molecule has 0 aliphatic carbocycles. The van der Waals surface area contributed by atoms with E-state index in [2.05, 4.69) is 139 Å². The average molecular weight is 1220 g/mol. The summed E-state index contributed by atoms with van der Waals surface area (Å²) in [4.78, 5) is 1.33. The largest absolute Gasteiger partial charge is 0.481 e. The highest BCUT2D eigenvalue weighted by molar-refractivity contribution is 7.99. The lowest BCUT2D eigenvalue weighted by Crippen LogP contribution is -2.25. The van der Waals surface area contributed by atoms with Gasteiger partial charge in [0.05, 0.1) is 24.1 Å². The number of aliphatic hydroxyl groups is 4. The van der Waals surface area contributed by atoms with E-state index in [4.69, 9.17) is 9.47 Å². The minimum Gasteiger partial charge on any atom is -0.481 e. The molecule has 0 amide bonds. The van der Waals surface area contributed by atoms with Crippen LogP contribution < -0.4 is 9.47 Å². The van der Waals surface area contributed by atoms with Crippen molar-refractivity contribution < 1.29 is 29.9 Å². The van der Waals surface area contributed by atoms with Crippen LogP contribution in [0.25, 0.3) is 0 Å². The maximum absolute atomic E-state index is 10.5. The zero-order valence-corrected chi connectivity index (χ0v) is 55.2. The molecule has 0 aliphatic rings. The van der Waals surface area contributed by atoms with Gasteiger partial charge in [0.1, 0.15) is 30.3 Å². The first-order valence-corrected chi connectivity index (χ1v) is 32.9. The van der Waals surface area contributed by atoms with E-state index in [1.165, 1.54) is 40.8 Å². The fourth-order valence-corrected chi connectivity index (χ4v) is 10.6. The Morgan fingerprint density at radius 1 is 0.438 bits per heavy atom. The van der Waals surface area contributed by atoms with Crippen LogP contribution in [0.5, 0.6) is 11.5 Å². The molecule has 0 saturated carbocycles. The van der Waals surface area contributed by atoms with Gasteiger partial charge in [-0.25, -0.2) is 0 Å². The van der Waals surface area contributed by atoms with Gasteiger partial charge >= 0.3 is 0 Å². The molecule has 0 aliphatic heterocycles. The van der Waals surface area contributed by atoms with E-state index in [9.17, 15) is 20.4 Å². The predicted molar refractivity (Wildman–Crippen MR) is 378 cm³/mol. The molecule has 0 fully saturated rings. The summed E-state index contributed by atoms with van der Waals surface area (Å²) in [7, 11) is 0. The summed E-state index contributed by atoms with van der Waals surface area (Å²) in [6.07, 6.45) is 12.4. The van der Waals surface area contributed by atoms with Gasteiger partial charge in [-0.2, -0.15) is 0 Å². The van der Waals surface area contributed by atoms with Crippen molar-refractivity contribution in [2.24, 2.45) is 0 Å². The lowest BCUT2D eigenvalue weighted by molar-refractivity contribution is 0.0807. The van der Waals surface area contributed by atoms with Gasteiger partial charge in [0.2, 0.25) is 0 Å². The zero-order valence-electron chi connectivity index (χ0n) is 54.4. The van der Waals surface area contributed by atoms with Crippen molar-refractivity contribution in [2.45, 2.75) is 195 Å². The van der Waals surface area contributed by atoms with Crippen LogP contribution in [0.3, 0.4) is 0 Å². The van der Waals surface area contributed by atoms with Crippen molar-refractivity contribution >= 4 is 11.8 Å². The molecule has 472 valence electrons. The van der Waals surface area contributed by atoms with Crippen LogP contribution in [0.1, 0.15) is 218 Å². The minimum absolute atomic E-state index is 0. The smallest absolute Gasteiger partial charge is 0.149 e. The maximum Gasteiger partial charge on any atom is 0.149 e. The molecule has 6 nitrogen and oxygen atoms in total. The Morgan fingerprint density at radius 2 is 0.865 bits per heavy atom. The molecule has 7 aromatic rings. The SMILES string of the molecule is C.CCCCCc1cccc(C#CC(O)(CCC)CCC)c1.CCC[C@@H](O)c1cccc(C#CCOc2c(C)cccc2C)c1.CCC[C@@H](O)c1cccc(C#CCOc2ccccc2)c1.CCC[C@@H](O)c1cccc(C#CCSc2c(C)cccc2C)c1. The lowest BCUT2D eigenvalue weighted by Gasteiger charge is -2.20. The summed E-state index contributed by atoms with van der Waals surface area (Å²) in [5, 5.41) is 40.7. The third-order valence-electron chi connectivity index (χ3n) is 14.4. The first-order chi connectivity index (χ1) is 42.7. The van der Waals surface area contributed by atoms with Crippen LogP contribution in [-0.4, -0.2) is 45.0 Å². The number of hydrogen-bond acceptors (Lipinski definition) is 7. The van der Waals surface area contributed by atoms with E-state index < -0.39 is 17.8 Å². The van der Waals surface area contributed by atoms with Gasteiger partial charge in [-0.1, -0.05) is 244 Å². The van der Waals surface area contributed by atoms with Crippen LogP contribution in [0.2, 0.25) is 0 Å². The summed E-state index contributed by atoms with van der Waals surface area (Å²) in [5.74, 6) is 27.5. The molecule has 0 unspecified atom stereocenters. The third-order valence-corrected chi connectivity index (χ3v) is 15.6. The van der Waals surface area contributed by atoms with Crippen molar-refractivity contribution in [1.29, 1.82) is 0 Å². The average Bonchev–Trinajstić information content (AvgIpc) is 3.72. The van der Waals surface area contributed by atoms with E-state index in [0.717, 1.165) is 138 Å². The molecule has 0 radical (unpaired) electrons. The monoisotopic (exact) mass is 1210 g/mol. The minimum atomic E-state index is -0.818. The number of rotatable bonds is 23. The number of para-hydroxylation sites is 2. The van der Waals surface area contributed by atoms with Gasteiger partial charge in [0.15, 0.2) is 0 Å². The maximum atomic E-state index is 10.5. The highest BCUT2D eigenvalue weighted by Crippen LogP contribution is 2.27. The number of aryl methyl sites for hydroxylation is 5. The van der Waals surface area contributed by atoms with E-state index in [-0.39, 0.29) is 13.5 Å². The van der Waals surface area contributed by atoms with Crippen LogP contribution >= 0.6 is 11.8 Å². The molecule has 7 aromatic carbocycles. The summed E-state index contributed by atoms with van der Waals surface area (Å²) in [6, 6.07) is 54.0. The summed E-state index contributed by atoms with van der Waals surface area (Å²) >= 11 is 1.79. The van der Waals surface area contributed by atoms with Gasteiger partial charge < -0.3 is 29.9 Å². The van der Waals surface area contributed by atoms with Gasteiger partial charge in [-0.3, -0.25) is 0 Å². The van der Waals surface area contributed by atoms with E-state index in [1.807, 2.05) is 141 Å². The zero-order chi connectivity index (χ0) is 63.8. The molecule has 7 rings (SSSR count). The van der Waals surface area contributed by atoms with Crippen LogP contribution in [0, 0.1) is 75.1 Å². The number of hydrogen-bond donors (Lipinski definition) is 4. The Hall–Kier alpha value is -7.43. The Balaban J connectivity index is 0.000000309. The number of ether oxygens (including phenoxy) is 2. The first-order valence-electron chi connectivity index (χ1n) is 31.9. The van der Waals surface area contributed by atoms with Crippen molar-refractivity contribution in [1.82, 2.24) is 0 Å². The molecule has 0 heterocycles. The van der Waals surface area contributed by atoms with E-state index in [0.29, 0.717) is 13.2 Å². The quantitative estimate of drug-likeness (QED) is 0.0288. The number of aliphatic hydroxyl groups excluding tert-OH is 3. The molecule has 0 saturated heterocycles. The summed E-state index contributed by atoms with van der Waals surface area (Å²) in [6.45, 7) is 21.7. The van der Waals surface area contributed by atoms with Gasteiger partial charge in [0, 0.05) is 27.1 Å². The number of unbranched alkanes of at least 4 members (excludes halogenated alkanes) is 2. The molecule has 7 heteroatoms. The van der Waals surface area contributed by atoms with Gasteiger partial charge in [-0.05, 0) is 178 Å². The summed E-state index contributed by atoms with van der Waals surface area (Å²) < 4.78 is 11.3. The fourth-order valence-electron chi connectivity index (χ4n) is 9.76. The third kappa shape index (κ3) is 29.6. The second-order valence-electron chi connectivity index (χ2n) is 22.3. The summed E-state index contributed by atoms with van der Waals surface area (Å²) in [5.41, 5.74) is 12.0. The Labute approximate surface area is 542 Å².